The highest BCUT2D eigenvalue weighted by atomic mass is 16.7. The standard InChI is InChI=1S/C9H21NO4/c1-12-7-8(11)4-5-10-6-9(13-2)14-3/h8-11H,4-7H2,1-3H3. The first-order valence-electron chi connectivity index (χ1n) is 4.67. The lowest BCUT2D eigenvalue weighted by molar-refractivity contribution is -0.0989. The summed E-state index contributed by atoms with van der Waals surface area (Å²) >= 11 is 0. The van der Waals surface area contributed by atoms with Crippen molar-refractivity contribution in [2.75, 3.05) is 41.0 Å². The molecule has 0 radical (unpaired) electrons. The average Bonchev–Trinajstić information content (AvgIpc) is 2.19. The SMILES string of the molecule is COCC(O)CCNCC(OC)OC. The van der Waals surface area contributed by atoms with Gasteiger partial charge in [0.15, 0.2) is 6.29 Å². The number of hydrogen-bond acceptors (Lipinski definition) is 5. The van der Waals surface area contributed by atoms with E-state index in [1.54, 1.807) is 21.3 Å². The van der Waals surface area contributed by atoms with Crippen LogP contribution in [-0.2, 0) is 14.2 Å². The fourth-order valence-corrected chi connectivity index (χ4v) is 1.03. The van der Waals surface area contributed by atoms with Crippen molar-refractivity contribution in [3.8, 4) is 0 Å². The van der Waals surface area contributed by atoms with Gasteiger partial charge in [-0.15, -0.1) is 0 Å². The lowest BCUT2D eigenvalue weighted by Gasteiger charge is -2.15. The van der Waals surface area contributed by atoms with Crippen LogP contribution in [0.4, 0.5) is 0 Å². The maximum atomic E-state index is 9.30. The molecule has 0 aromatic carbocycles. The van der Waals surface area contributed by atoms with Crippen LogP contribution in [0, 0.1) is 0 Å². The van der Waals surface area contributed by atoms with Crippen molar-refractivity contribution < 1.29 is 19.3 Å². The molecule has 1 unspecified atom stereocenters. The van der Waals surface area contributed by atoms with E-state index in [1.165, 1.54) is 0 Å². The van der Waals surface area contributed by atoms with Crippen LogP contribution in [0.15, 0.2) is 0 Å². The monoisotopic (exact) mass is 207 g/mol. The maximum Gasteiger partial charge on any atom is 0.169 e. The van der Waals surface area contributed by atoms with Gasteiger partial charge in [0.25, 0.3) is 0 Å². The lowest BCUT2D eigenvalue weighted by atomic mass is 10.2. The Bertz CT molecular complexity index is 119. The first-order valence-corrected chi connectivity index (χ1v) is 4.67. The summed E-state index contributed by atoms with van der Waals surface area (Å²) < 4.78 is 14.8. The summed E-state index contributed by atoms with van der Waals surface area (Å²) in [6.45, 7) is 1.71. The molecule has 0 aliphatic carbocycles. The van der Waals surface area contributed by atoms with E-state index in [9.17, 15) is 5.11 Å². The molecule has 0 aliphatic rings. The molecule has 0 amide bonds. The van der Waals surface area contributed by atoms with Crippen LogP contribution in [0.2, 0.25) is 0 Å². The first-order chi connectivity index (χ1) is 6.74. The molecule has 0 saturated heterocycles. The van der Waals surface area contributed by atoms with Crippen molar-refractivity contribution in [3.05, 3.63) is 0 Å². The number of aliphatic hydroxyl groups excluding tert-OH is 1. The number of rotatable bonds is 9. The molecule has 0 heterocycles. The summed E-state index contributed by atoms with van der Waals surface area (Å²) in [5.74, 6) is 0. The zero-order valence-corrected chi connectivity index (χ0v) is 9.16. The zero-order chi connectivity index (χ0) is 10.8. The predicted octanol–water partition coefficient (Wildman–Crippen LogP) is -0.408. The second-order valence-electron chi connectivity index (χ2n) is 3.00. The zero-order valence-electron chi connectivity index (χ0n) is 9.16. The van der Waals surface area contributed by atoms with Gasteiger partial charge in [-0.1, -0.05) is 0 Å². The van der Waals surface area contributed by atoms with Gasteiger partial charge in [-0.2, -0.15) is 0 Å². The van der Waals surface area contributed by atoms with Crippen molar-refractivity contribution in [1.29, 1.82) is 0 Å². The summed E-state index contributed by atoms with van der Waals surface area (Å²) in [7, 11) is 4.76. The molecule has 0 bridgehead atoms. The smallest absolute Gasteiger partial charge is 0.169 e. The second kappa shape index (κ2) is 9.36. The van der Waals surface area contributed by atoms with Gasteiger partial charge in [0.1, 0.15) is 0 Å². The molecule has 0 fully saturated rings. The summed E-state index contributed by atoms with van der Waals surface area (Å²) in [6.07, 6.45) is 0.0270. The summed E-state index contributed by atoms with van der Waals surface area (Å²) in [6, 6.07) is 0. The third kappa shape index (κ3) is 7.23. The molecule has 0 rings (SSSR count). The molecule has 14 heavy (non-hydrogen) atoms. The summed E-state index contributed by atoms with van der Waals surface area (Å²) in [5.41, 5.74) is 0. The third-order valence-electron chi connectivity index (χ3n) is 1.85. The van der Waals surface area contributed by atoms with Crippen molar-refractivity contribution in [1.82, 2.24) is 5.32 Å². The van der Waals surface area contributed by atoms with Crippen molar-refractivity contribution in [3.63, 3.8) is 0 Å². The molecule has 0 saturated carbocycles. The van der Waals surface area contributed by atoms with E-state index in [-0.39, 0.29) is 6.29 Å². The van der Waals surface area contributed by atoms with Crippen LogP contribution in [0.25, 0.3) is 0 Å². The van der Waals surface area contributed by atoms with Gasteiger partial charge in [0, 0.05) is 27.9 Å². The largest absolute Gasteiger partial charge is 0.391 e. The predicted molar refractivity (Wildman–Crippen MR) is 53.2 cm³/mol. The van der Waals surface area contributed by atoms with E-state index in [0.29, 0.717) is 26.1 Å². The highest BCUT2D eigenvalue weighted by Crippen LogP contribution is 1.91. The van der Waals surface area contributed by atoms with E-state index in [0.717, 1.165) is 0 Å². The molecular formula is C9H21NO4. The van der Waals surface area contributed by atoms with Crippen molar-refractivity contribution in [2.45, 2.75) is 18.8 Å². The van der Waals surface area contributed by atoms with E-state index >= 15 is 0 Å². The molecule has 0 aromatic heterocycles. The van der Waals surface area contributed by atoms with Gasteiger partial charge in [0.2, 0.25) is 0 Å². The number of nitrogens with one attached hydrogen (secondary N) is 1. The first kappa shape index (κ1) is 13.8. The number of methoxy groups -OCH3 is 3. The van der Waals surface area contributed by atoms with Gasteiger partial charge < -0.3 is 24.6 Å². The minimum Gasteiger partial charge on any atom is -0.391 e. The van der Waals surface area contributed by atoms with Gasteiger partial charge in [-0.3, -0.25) is 0 Å². The van der Waals surface area contributed by atoms with Gasteiger partial charge >= 0.3 is 0 Å². The molecule has 5 nitrogen and oxygen atoms in total. The van der Waals surface area contributed by atoms with Gasteiger partial charge in [0.05, 0.1) is 12.7 Å². The Morgan fingerprint density at radius 2 is 1.86 bits per heavy atom. The minimum absolute atomic E-state index is 0.227. The molecule has 0 aliphatic heterocycles. The fourth-order valence-electron chi connectivity index (χ4n) is 1.03. The Morgan fingerprint density at radius 1 is 1.21 bits per heavy atom. The lowest BCUT2D eigenvalue weighted by Crippen LogP contribution is -2.32. The summed E-state index contributed by atoms with van der Waals surface area (Å²) in [5, 5.41) is 12.4. The molecule has 86 valence electrons. The minimum atomic E-state index is -0.406. The van der Waals surface area contributed by atoms with Crippen LogP contribution in [-0.4, -0.2) is 58.5 Å². The Hall–Kier alpha value is -0.200. The normalized spacial score (nSPS) is 13.5. The maximum absolute atomic E-state index is 9.30. The van der Waals surface area contributed by atoms with E-state index in [4.69, 9.17) is 14.2 Å². The van der Waals surface area contributed by atoms with Crippen LogP contribution >= 0.6 is 0 Å². The second-order valence-corrected chi connectivity index (χ2v) is 3.00. The van der Waals surface area contributed by atoms with Crippen LogP contribution in [0.3, 0.4) is 0 Å². The molecule has 5 heteroatoms. The van der Waals surface area contributed by atoms with Crippen molar-refractivity contribution >= 4 is 0 Å². The molecule has 2 N–H and O–H groups in total. The molecule has 1 atom stereocenters. The summed E-state index contributed by atoms with van der Waals surface area (Å²) in [4.78, 5) is 0. The number of ether oxygens (including phenoxy) is 3. The number of hydrogen-bond donors (Lipinski definition) is 2. The molecule has 0 aromatic rings. The quantitative estimate of drug-likeness (QED) is 0.398. The van der Waals surface area contributed by atoms with Gasteiger partial charge in [-0.25, -0.2) is 0 Å². The van der Waals surface area contributed by atoms with E-state index < -0.39 is 6.10 Å². The van der Waals surface area contributed by atoms with Crippen molar-refractivity contribution in [2.24, 2.45) is 0 Å². The van der Waals surface area contributed by atoms with E-state index in [2.05, 4.69) is 5.32 Å². The van der Waals surface area contributed by atoms with Crippen LogP contribution in [0.5, 0.6) is 0 Å². The Kier molecular flexibility index (Phi) is 9.23. The van der Waals surface area contributed by atoms with E-state index in [1.807, 2.05) is 0 Å². The fraction of sp³-hybridized carbons (Fsp3) is 1.00. The van der Waals surface area contributed by atoms with Crippen LogP contribution < -0.4 is 5.32 Å². The van der Waals surface area contributed by atoms with Crippen LogP contribution in [0.1, 0.15) is 6.42 Å². The topological polar surface area (TPSA) is 60.0 Å². The molecule has 0 spiro atoms. The highest BCUT2D eigenvalue weighted by Gasteiger charge is 2.05. The Morgan fingerprint density at radius 3 is 2.36 bits per heavy atom. The Balaban J connectivity index is 3.27. The number of aliphatic hydroxyl groups is 1. The Labute approximate surface area is 85.3 Å². The molecular weight excluding hydrogens is 186 g/mol. The average molecular weight is 207 g/mol. The third-order valence-corrected chi connectivity index (χ3v) is 1.85. The van der Waals surface area contributed by atoms with Gasteiger partial charge in [-0.05, 0) is 13.0 Å². The highest BCUT2D eigenvalue weighted by molar-refractivity contribution is 4.57.